The van der Waals surface area contributed by atoms with Crippen molar-refractivity contribution in [3.8, 4) is 11.1 Å². The standard InChI is InChI=1S/C25H27NO6/c1-2-16-31-24(29)13-15-26(14-7-12-23(27)28)25(30)32-17-22-20-10-5-3-8-18(20)19-9-4-6-11-21(19)22/h2-6,8-11,22H,1,7,12-17H2,(H,27,28). The molecule has 1 N–H and O–H groups in total. The molecule has 0 radical (unpaired) electrons. The summed E-state index contributed by atoms with van der Waals surface area (Å²) < 4.78 is 10.6. The summed E-state index contributed by atoms with van der Waals surface area (Å²) in [6.45, 7) is 4.01. The van der Waals surface area contributed by atoms with Crippen molar-refractivity contribution in [1.29, 1.82) is 0 Å². The zero-order chi connectivity index (χ0) is 22.9. The van der Waals surface area contributed by atoms with Crippen LogP contribution in [-0.4, -0.2) is 54.3 Å². The van der Waals surface area contributed by atoms with E-state index < -0.39 is 18.0 Å². The van der Waals surface area contributed by atoms with Gasteiger partial charge in [-0.2, -0.15) is 0 Å². The molecule has 1 amide bonds. The van der Waals surface area contributed by atoms with E-state index in [-0.39, 0.29) is 51.5 Å². The van der Waals surface area contributed by atoms with Crippen LogP contribution >= 0.6 is 0 Å². The van der Waals surface area contributed by atoms with Crippen LogP contribution in [0.5, 0.6) is 0 Å². The fourth-order valence-electron chi connectivity index (χ4n) is 3.85. The zero-order valence-corrected chi connectivity index (χ0v) is 17.9. The molecule has 1 aliphatic rings. The lowest BCUT2D eigenvalue weighted by molar-refractivity contribution is -0.143. The number of carbonyl (C=O) groups excluding carboxylic acids is 2. The third kappa shape index (κ3) is 5.75. The highest BCUT2D eigenvalue weighted by molar-refractivity contribution is 5.79. The number of carbonyl (C=O) groups is 3. The summed E-state index contributed by atoms with van der Waals surface area (Å²) in [4.78, 5) is 36.8. The Balaban J connectivity index is 1.65. The van der Waals surface area contributed by atoms with Crippen LogP contribution in [0, 0.1) is 0 Å². The van der Waals surface area contributed by atoms with Crippen LogP contribution < -0.4 is 0 Å². The summed E-state index contributed by atoms with van der Waals surface area (Å²) in [7, 11) is 0. The lowest BCUT2D eigenvalue weighted by Gasteiger charge is -2.23. The van der Waals surface area contributed by atoms with Crippen LogP contribution in [0.3, 0.4) is 0 Å². The third-order valence-electron chi connectivity index (χ3n) is 5.36. The normalized spacial score (nSPS) is 11.9. The Kier molecular flexibility index (Phi) is 8.02. The first-order valence-electron chi connectivity index (χ1n) is 10.6. The Morgan fingerprint density at radius 2 is 1.56 bits per heavy atom. The van der Waals surface area contributed by atoms with Gasteiger partial charge in [0.15, 0.2) is 0 Å². The molecule has 2 aromatic rings. The van der Waals surface area contributed by atoms with Crippen LogP contribution in [0.2, 0.25) is 0 Å². The molecule has 0 spiro atoms. The minimum absolute atomic E-state index is 0.00882. The van der Waals surface area contributed by atoms with Crippen molar-refractivity contribution in [1.82, 2.24) is 4.90 Å². The Bertz CT molecular complexity index is 940. The van der Waals surface area contributed by atoms with Crippen molar-refractivity contribution in [2.75, 3.05) is 26.3 Å². The molecule has 2 aromatic carbocycles. The summed E-state index contributed by atoms with van der Waals surface area (Å²) in [5, 5.41) is 8.89. The molecule has 0 atom stereocenters. The second-order valence-corrected chi connectivity index (χ2v) is 7.51. The topological polar surface area (TPSA) is 93.1 Å². The first kappa shape index (κ1) is 23.1. The number of carboxylic acid groups (broad SMARTS) is 1. The van der Waals surface area contributed by atoms with Gasteiger partial charge in [0, 0.05) is 25.4 Å². The summed E-state index contributed by atoms with van der Waals surface area (Å²) in [6, 6.07) is 16.1. The molecule has 0 fully saturated rings. The van der Waals surface area contributed by atoms with E-state index in [0.717, 1.165) is 22.3 Å². The predicted molar refractivity (Wildman–Crippen MR) is 119 cm³/mol. The minimum Gasteiger partial charge on any atom is -0.481 e. The molecule has 3 rings (SSSR count). The Morgan fingerprint density at radius 1 is 0.938 bits per heavy atom. The first-order valence-corrected chi connectivity index (χ1v) is 10.6. The van der Waals surface area contributed by atoms with Crippen molar-refractivity contribution < 1.29 is 29.0 Å². The van der Waals surface area contributed by atoms with Gasteiger partial charge < -0.3 is 19.5 Å². The van der Waals surface area contributed by atoms with Gasteiger partial charge in [0.05, 0.1) is 6.42 Å². The number of ether oxygens (including phenoxy) is 2. The van der Waals surface area contributed by atoms with Crippen LogP contribution in [0.15, 0.2) is 61.2 Å². The number of aliphatic carboxylic acids is 1. The van der Waals surface area contributed by atoms with E-state index in [1.807, 2.05) is 36.4 Å². The molecule has 0 saturated carbocycles. The molecule has 1 aliphatic carbocycles. The van der Waals surface area contributed by atoms with Crippen molar-refractivity contribution in [3.05, 3.63) is 72.3 Å². The molecule has 168 valence electrons. The van der Waals surface area contributed by atoms with E-state index in [9.17, 15) is 14.4 Å². The van der Waals surface area contributed by atoms with Crippen LogP contribution in [0.1, 0.15) is 36.3 Å². The SMILES string of the molecule is C=CCOC(=O)CCN(CCCC(=O)O)C(=O)OCC1c2ccccc2-c2ccccc21. The number of fused-ring (bicyclic) bond motifs is 3. The van der Waals surface area contributed by atoms with Gasteiger partial charge in [-0.15, -0.1) is 0 Å². The lowest BCUT2D eigenvalue weighted by atomic mass is 9.98. The highest BCUT2D eigenvalue weighted by Crippen LogP contribution is 2.44. The lowest BCUT2D eigenvalue weighted by Crippen LogP contribution is -2.35. The van der Waals surface area contributed by atoms with E-state index in [0.29, 0.717) is 0 Å². The number of hydrogen-bond acceptors (Lipinski definition) is 5. The Morgan fingerprint density at radius 3 is 2.16 bits per heavy atom. The molecule has 0 saturated heterocycles. The Hall–Kier alpha value is -3.61. The van der Waals surface area contributed by atoms with Gasteiger partial charge in [0.25, 0.3) is 0 Å². The minimum atomic E-state index is -0.942. The maximum absolute atomic E-state index is 12.8. The quantitative estimate of drug-likeness (QED) is 0.418. The number of nitrogens with zero attached hydrogens (tertiary/aromatic N) is 1. The zero-order valence-electron chi connectivity index (χ0n) is 17.9. The number of rotatable bonds is 11. The maximum Gasteiger partial charge on any atom is 0.409 e. The van der Waals surface area contributed by atoms with E-state index >= 15 is 0 Å². The molecular formula is C25H27NO6. The van der Waals surface area contributed by atoms with Crippen LogP contribution in [-0.2, 0) is 19.1 Å². The smallest absolute Gasteiger partial charge is 0.409 e. The Labute approximate surface area is 187 Å². The molecule has 7 heteroatoms. The monoisotopic (exact) mass is 437 g/mol. The molecule has 32 heavy (non-hydrogen) atoms. The van der Waals surface area contributed by atoms with Crippen LogP contribution in [0.4, 0.5) is 4.79 Å². The van der Waals surface area contributed by atoms with Gasteiger partial charge in [-0.05, 0) is 28.7 Å². The molecule has 0 heterocycles. The van der Waals surface area contributed by atoms with E-state index in [4.69, 9.17) is 14.6 Å². The summed E-state index contributed by atoms with van der Waals surface area (Å²) in [6.07, 6.45) is 1.07. The molecule has 0 aromatic heterocycles. The van der Waals surface area contributed by atoms with Gasteiger partial charge in [-0.3, -0.25) is 9.59 Å². The number of amides is 1. The maximum atomic E-state index is 12.8. The second-order valence-electron chi connectivity index (χ2n) is 7.51. The van der Waals surface area contributed by atoms with Crippen molar-refractivity contribution >= 4 is 18.0 Å². The van der Waals surface area contributed by atoms with Crippen LogP contribution in [0.25, 0.3) is 11.1 Å². The number of esters is 1. The molecule has 0 bridgehead atoms. The summed E-state index contributed by atoms with van der Waals surface area (Å²) in [5.74, 6) is -1.48. The van der Waals surface area contributed by atoms with Gasteiger partial charge in [0.1, 0.15) is 13.2 Å². The average Bonchev–Trinajstić information content (AvgIpc) is 3.11. The van der Waals surface area contributed by atoms with Gasteiger partial charge in [-0.1, -0.05) is 61.2 Å². The first-order chi connectivity index (χ1) is 15.5. The van der Waals surface area contributed by atoms with E-state index in [1.54, 1.807) is 0 Å². The van der Waals surface area contributed by atoms with Gasteiger partial charge >= 0.3 is 18.0 Å². The van der Waals surface area contributed by atoms with Crippen molar-refractivity contribution in [3.63, 3.8) is 0 Å². The fraction of sp³-hybridized carbons (Fsp3) is 0.320. The summed E-state index contributed by atoms with van der Waals surface area (Å²) >= 11 is 0. The highest BCUT2D eigenvalue weighted by Gasteiger charge is 2.29. The molecule has 7 nitrogen and oxygen atoms in total. The largest absolute Gasteiger partial charge is 0.481 e. The second kappa shape index (κ2) is 11.1. The van der Waals surface area contributed by atoms with E-state index in [1.165, 1.54) is 11.0 Å². The molecule has 0 aliphatic heterocycles. The van der Waals surface area contributed by atoms with Gasteiger partial charge in [0.2, 0.25) is 0 Å². The number of hydrogen-bond donors (Lipinski definition) is 1. The van der Waals surface area contributed by atoms with Gasteiger partial charge in [-0.25, -0.2) is 4.79 Å². The molecular weight excluding hydrogens is 410 g/mol. The summed E-state index contributed by atoms with van der Waals surface area (Å²) in [5.41, 5.74) is 4.47. The predicted octanol–water partition coefficient (Wildman–Crippen LogP) is 4.22. The molecule has 0 unspecified atom stereocenters. The fourth-order valence-corrected chi connectivity index (χ4v) is 3.85. The van der Waals surface area contributed by atoms with Crippen molar-refractivity contribution in [2.24, 2.45) is 0 Å². The van der Waals surface area contributed by atoms with E-state index in [2.05, 4.69) is 18.7 Å². The average molecular weight is 437 g/mol. The third-order valence-corrected chi connectivity index (χ3v) is 5.36. The highest BCUT2D eigenvalue weighted by atomic mass is 16.6. The number of benzene rings is 2. The number of carboxylic acids is 1. The van der Waals surface area contributed by atoms with Crippen molar-refractivity contribution in [2.45, 2.75) is 25.2 Å².